The molecule has 5 nitrogen and oxygen atoms in total. The van der Waals surface area contributed by atoms with Gasteiger partial charge in [0.2, 0.25) is 0 Å². The van der Waals surface area contributed by atoms with Crippen molar-refractivity contribution in [3.63, 3.8) is 0 Å². The average Bonchev–Trinajstić information content (AvgIpc) is 2.80. The number of hydrogen-bond donors (Lipinski definition) is 1. The standard InChI is InChI=1S/C12H9F4N3O2/c13-7-3-1-2-4-8(7)19-9(5-6-12(14,15)16)10(11(20)21)17-18-19/h1-4H,5-6H2,(H,20,21). The first kappa shape index (κ1) is 14.9. The second-order valence-corrected chi connectivity index (χ2v) is 4.17. The van der Waals surface area contributed by atoms with E-state index in [1.807, 2.05) is 0 Å². The summed E-state index contributed by atoms with van der Waals surface area (Å²) >= 11 is 0. The summed E-state index contributed by atoms with van der Waals surface area (Å²) in [6, 6.07) is 5.20. The van der Waals surface area contributed by atoms with Crippen LogP contribution in [0.25, 0.3) is 5.69 Å². The van der Waals surface area contributed by atoms with Crippen LogP contribution in [0.2, 0.25) is 0 Å². The fourth-order valence-corrected chi connectivity index (χ4v) is 1.77. The van der Waals surface area contributed by atoms with Gasteiger partial charge in [0.15, 0.2) is 5.69 Å². The molecular formula is C12H9F4N3O2. The summed E-state index contributed by atoms with van der Waals surface area (Å²) in [5.41, 5.74) is -1.08. The number of nitrogens with zero attached hydrogens (tertiary/aromatic N) is 3. The number of para-hydroxylation sites is 1. The number of carboxylic acids is 1. The molecule has 0 aliphatic rings. The van der Waals surface area contributed by atoms with Crippen molar-refractivity contribution in [2.45, 2.75) is 19.0 Å². The first-order valence-electron chi connectivity index (χ1n) is 5.79. The molecule has 1 aromatic carbocycles. The van der Waals surface area contributed by atoms with Gasteiger partial charge in [-0.25, -0.2) is 13.9 Å². The van der Waals surface area contributed by atoms with Gasteiger partial charge in [-0.1, -0.05) is 17.3 Å². The molecule has 0 radical (unpaired) electrons. The second kappa shape index (κ2) is 5.51. The van der Waals surface area contributed by atoms with Crippen molar-refractivity contribution in [2.75, 3.05) is 0 Å². The number of benzene rings is 1. The van der Waals surface area contributed by atoms with Gasteiger partial charge in [0, 0.05) is 12.8 Å². The van der Waals surface area contributed by atoms with E-state index in [0.29, 0.717) is 0 Å². The van der Waals surface area contributed by atoms with E-state index in [2.05, 4.69) is 10.3 Å². The van der Waals surface area contributed by atoms with Crippen molar-refractivity contribution in [3.8, 4) is 5.69 Å². The third-order valence-corrected chi connectivity index (χ3v) is 2.69. The molecule has 112 valence electrons. The molecule has 2 rings (SSSR count). The molecule has 0 aliphatic heterocycles. The lowest BCUT2D eigenvalue weighted by atomic mass is 10.2. The highest BCUT2D eigenvalue weighted by Gasteiger charge is 2.30. The number of halogens is 4. The number of alkyl halides is 3. The Balaban J connectivity index is 2.47. The third-order valence-electron chi connectivity index (χ3n) is 2.69. The smallest absolute Gasteiger partial charge is 0.389 e. The first-order valence-corrected chi connectivity index (χ1v) is 5.79. The fraction of sp³-hybridized carbons (Fsp3) is 0.250. The minimum Gasteiger partial charge on any atom is -0.476 e. The summed E-state index contributed by atoms with van der Waals surface area (Å²) in [6.45, 7) is 0. The molecule has 2 aromatic rings. The maximum absolute atomic E-state index is 13.7. The van der Waals surface area contributed by atoms with Crippen molar-refractivity contribution in [1.29, 1.82) is 0 Å². The van der Waals surface area contributed by atoms with Crippen LogP contribution in [-0.2, 0) is 6.42 Å². The normalized spacial score (nSPS) is 11.6. The van der Waals surface area contributed by atoms with Crippen LogP contribution >= 0.6 is 0 Å². The molecule has 1 heterocycles. The minimum absolute atomic E-state index is 0.158. The largest absolute Gasteiger partial charge is 0.476 e. The van der Waals surface area contributed by atoms with Gasteiger partial charge in [-0.05, 0) is 12.1 Å². The lowest BCUT2D eigenvalue weighted by Crippen LogP contribution is -2.14. The van der Waals surface area contributed by atoms with Crippen LogP contribution in [0.3, 0.4) is 0 Å². The molecule has 0 bridgehead atoms. The van der Waals surface area contributed by atoms with Crippen LogP contribution in [0.5, 0.6) is 0 Å². The summed E-state index contributed by atoms with van der Waals surface area (Å²) in [5.74, 6) is -2.26. The van der Waals surface area contributed by atoms with E-state index < -0.39 is 36.5 Å². The van der Waals surface area contributed by atoms with Crippen LogP contribution in [0, 0.1) is 5.82 Å². The Labute approximate surface area is 115 Å². The Hall–Kier alpha value is -2.45. The Morgan fingerprint density at radius 3 is 2.52 bits per heavy atom. The summed E-state index contributed by atoms with van der Waals surface area (Å²) in [7, 11) is 0. The monoisotopic (exact) mass is 303 g/mol. The maximum Gasteiger partial charge on any atom is 0.389 e. The molecule has 9 heteroatoms. The molecule has 0 spiro atoms. The minimum atomic E-state index is -4.47. The Morgan fingerprint density at radius 2 is 1.95 bits per heavy atom. The molecule has 0 atom stereocenters. The van der Waals surface area contributed by atoms with Crippen molar-refractivity contribution >= 4 is 5.97 Å². The zero-order valence-electron chi connectivity index (χ0n) is 10.4. The van der Waals surface area contributed by atoms with Crippen LogP contribution < -0.4 is 0 Å². The molecule has 0 unspecified atom stereocenters. The molecule has 0 saturated heterocycles. The van der Waals surface area contributed by atoms with E-state index >= 15 is 0 Å². The Kier molecular flexibility index (Phi) is 3.92. The van der Waals surface area contributed by atoms with Gasteiger partial charge in [-0.3, -0.25) is 0 Å². The van der Waals surface area contributed by atoms with Crippen molar-refractivity contribution < 1.29 is 27.5 Å². The summed E-state index contributed by atoms with van der Waals surface area (Å²) in [6.07, 6.45) is -6.39. The zero-order chi connectivity index (χ0) is 15.6. The molecule has 0 amide bonds. The maximum atomic E-state index is 13.7. The molecule has 0 aliphatic carbocycles. The molecule has 1 aromatic heterocycles. The van der Waals surface area contributed by atoms with E-state index in [0.717, 1.165) is 10.7 Å². The predicted octanol–water partition coefficient (Wildman–Crippen LogP) is 2.60. The molecule has 0 fully saturated rings. The molecule has 0 saturated carbocycles. The highest BCUT2D eigenvalue weighted by atomic mass is 19.4. The van der Waals surface area contributed by atoms with E-state index in [-0.39, 0.29) is 11.4 Å². The van der Waals surface area contributed by atoms with Gasteiger partial charge in [0.25, 0.3) is 0 Å². The summed E-state index contributed by atoms with van der Waals surface area (Å²) in [5, 5.41) is 15.7. The van der Waals surface area contributed by atoms with E-state index in [4.69, 9.17) is 5.11 Å². The quantitative estimate of drug-likeness (QED) is 0.882. The number of aromatic nitrogens is 3. The highest BCUT2D eigenvalue weighted by Crippen LogP contribution is 2.24. The topological polar surface area (TPSA) is 68.0 Å². The molecule has 21 heavy (non-hydrogen) atoms. The van der Waals surface area contributed by atoms with Gasteiger partial charge < -0.3 is 5.11 Å². The number of rotatable bonds is 4. The fourth-order valence-electron chi connectivity index (χ4n) is 1.77. The number of carboxylic acid groups (broad SMARTS) is 1. The Morgan fingerprint density at radius 1 is 1.29 bits per heavy atom. The van der Waals surface area contributed by atoms with Crippen LogP contribution in [0.15, 0.2) is 24.3 Å². The van der Waals surface area contributed by atoms with Gasteiger partial charge in [-0.15, -0.1) is 5.10 Å². The first-order chi connectivity index (χ1) is 9.79. The SMILES string of the molecule is O=C(O)c1nnn(-c2ccccc2F)c1CCC(F)(F)F. The van der Waals surface area contributed by atoms with Gasteiger partial charge >= 0.3 is 12.1 Å². The van der Waals surface area contributed by atoms with Gasteiger partial charge in [0.1, 0.15) is 11.5 Å². The van der Waals surface area contributed by atoms with Crippen molar-refractivity contribution in [2.24, 2.45) is 0 Å². The van der Waals surface area contributed by atoms with Gasteiger partial charge in [-0.2, -0.15) is 13.2 Å². The summed E-state index contributed by atoms with van der Waals surface area (Å²) < 4.78 is 51.4. The van der Waals surface area contributed by atoms with Crippen LogP contribution in [0.1, 0.15) is 22.6 Å². The average molecular weight is 303 g/mol. The third kappa shape index (κ3) is 3.36. The lowest BCUT2D eigenvalue weighted by Gasteiger charge is -2.09. The summed E-state index contributed by atoms with van der Waals surface area (Å²) in [4.78, 5) is 11.0. The number of carbonyl (C=O) groups is 1. The van der Waals surface area contributed by atoms with E-state index in [1.54, 1.807) is 0 Å². The number of hydrogen-bond acceptors (Lipinski definition) is 3. The van der Waals surface area contributed by atoms with Crippen molar-refractivity contribution in [3.05, 3.63) is 41.5 Å². The second-order valence-electron chi connectivity index (χ2n) is 4.17. The molecular weight excluding hydrogens is 294 g/mol. The van der Waals surface area contributed by atoms with Crippen LogP contribution in [0.4, 0.5) is 17.6 Å². The zero-order valence-corrected chi connectivity index (χ0v) is 10.4. The highest BCUT2D eigenvalue weighted by molar-refractivity contribution is 5.86. The van der Waals surface area contributed by atoms with Gasteiger partial charge in [0.05, 0.1) is 5.69 Å². The lowest BCUT2D eigenvalue weighted by molar-refractivity contribution is -0.134. The predicted molar refractivity (Wildman–Crippen MR) is 62.7 cm³/mol. The van der Waals surface area contributed by atoms with Crippen LogP contribution in [-0.4, -0.2) is 32.2 Å². The molecule has 1 N–H and O–H groups in total. The Bertz CT molecular complexity index is 667. The van der Waals surface area contributed by atoms with E-state index in [9.17, 15) is 22.4 Å². The van der Waals surface area contributed by atoms with E-state index in [1.165, 1.54) is 18.2 Å². The number of aromatic carboxylic acids is 1. The van der Waals surface area contributed by atoms with Crippen molar-refractivity contribution in [1.82, 2.24) is 15.0 Å².